The number of nitrogens with zero attached hydrogens (tertiary/aromatic N) is 3. The topological polar surface area (TPSA) is 9.72 Å². The van der Waals surface area contributed by atoms with E-state index in [4.69, 9.17) is 19.8 Å². The van der Waals surface area contributed by atoms with E-state index < -0.39 is 95.0 Å². The number of hydrogen-bond donors (Lipinski definition) is 0. The Bertz CT molecular complexity index is 2610. The molecule has 0 saturated heterocycles. The molecule has 0 N–H and O–H groups in total. The minimum Gasteiger partial charge on any atom is 0.0623 e. The molecule has 0 radical (unpaired) electrons. The summed E-state index contributed by atoms with van der Waals surface area (Å²) in [6.07, 6.45) is 0. The van der Waals surface area contributed by atoms with Gasteiger partial charge in [0, 0.05) is 0 Å². The number of halogens is 1. The quantitative estimate of drug-likeness (QED) is 0.135. The Kier molecular flexibility index (Phi) is 7.42. The van der Waals surface area contributed by atoms with Crippen molar-refractivity contribution in [1.29, 1.82) is 0 Å². The van der Waals surface area contributed by atoms with Crippen molar-refractivity contribution in [1.82, 2.24) is 0 Å². The van der Waals surface area contributed by atoms with Crippen LogP contribution in [0.25, 0.3) is 0 Å². The molecule has 7 aromatic carbocycles. The Morgan fingerprint density at radius 1 is 0.431 bits per heavy atom. The van der Waals surface area contributed by atoms with E-state index in [0.29, 0.717) is 11.4 Å². The molecule has 0 atom stereocenters. The van der Waals surface area contributed by atoms with Gasteiger partial charge in [-0.3, -0.25) is 0 Å². The fraction of sp³-hybridized carbons (Fsp3) is 0.0870. The average Bonchev–Trinajstić information content (AvgIpc) is 3.26. The maximum atomic E-state index is 9.20. The fourth-order valence-corrected chi connectivity index (χ4v) is 7.65. The summed E-state index contributed by atoms with van der Waals surface area (Å²) in [6.45, 7) is 5.95. The predicted molar refractivity (Wildman–Crippen MR) is 217 cm³/mol. The van der Waals surface area contributed by atoms with Crippen molar-refractivity contribution in [2.45, 2.75) is 25.4 Å². The first-order valence-corrected chi connectivity index (χ1v) is 21.4. The number of hydrogen-bond acceptors (Lipinski definition) is 3. The van der Waals surface area contributed by atoms with Gasteiger partial charge in [0.25, 0.3) is 0 Å². The van der Waals surface area contributed by atoms with E-state index in [2.05, 4.69) is 16.8 Å². The monoisotopic (exact) mass is 890 g/mol. The molecule has 0 amide bonds. The van der Waals surface area contributed by atoms with Gasteiger partial charge < -0.3 is 0 Å². The average molecular weight is 891 g/mol. The van der Waals surface area contributed by atoms with E-state index in [9.17, 15) is 5.48 Å². The Labute approximate surface area is 333 Å². The second-order valence-electron chi connectivity index (χ2n) is 12.0. The molecule has 3 nitrogen and oxygen atoms in total. The third-order valence-corrected chi connectivity index (χ3v) is 11.7. The minimum absolute atomic E-state index is 0.104. The Balaban J connectivity index is 1.69. The van der Waals surface area contributed by atoms with Crippen molar-refractivity contribution in [3.63, 3.8) is 0 Å². The molecule has 7 rings (SSSR count). The van der Waals surface area contributed by atoms with Gasteiger partial charge in [-0.15, -0.1) is 0 Å². The van der Waals surface area contributed by atoms with E-state index in [1.54, 1.807) is 12.1 Å². The van der Waals surface area contributed by atoms with Crippen LogP contribution in [0.4, 0.5) is 51.2 Å². The van der Waals surface area contributed by atoms with Crippen LogP contribution in [-0.4, -0.2) is 0 Å². The fourth-order valence-electron chi connectivity index (χ4n) is 5.78. The van der Waals surface area contributed by atoms with Crippen LogP contribution in [0.3, 0.4) is 0 Å². The molecule has 0 fully saturated rings. The van der Waals surface area contributed by atoms with Gasteiger partial charge in [0.15, 0.2) is 0 Å². The van der Waals surface area contributed by atoms with Gasteiger partial charge in [0.05, 0.1) is 8.22 Å². The van der Waals surface area contributed by atoms with Crippen LogP contribution in [0.15, 0.2) is 170 Å². The summed E-state index contributed by atoms with van der Waals surface area (Å²) in [7, 11) is 0. The van der Waals surface area contributed by atoms with Crippen LogP contribution in [0.1, 0.15) is 30.4 Å². The van der Waals surface area contributed by atoms with Crippen molar-refractivity contribution in [2.75, 3.05) is 14.7 Å². The Hall–Kier alpha value is -4.89. The van der Waals surface area contributed by atoms with E-state index in [0.717, 1.165) is 39.4 Å². The predicted octanol–water partition coefficient (Wildman–Crippen LogP) is 13.2. The van der Waals surface area contributed by atoms with Crippen LogP contribution < -0.4 is 18.0 Å². The zero-order valence-electron chi connectivity index (χ0n) is 38.5. The van der Waals surface area contributed by atoms with Crippen molar-refractivity contribution in [3.05, 3.63) is 191 Å². The number of aryl methyl sites for hydroxylation is 3. The zero-order chi connectivity index (χ0) is 44.0. The zero-order valence-corrected chi connectivity index (χ0v) is 32.5. The van der Waals surface area contributed by atoms with Crippen LogP contribution in [0.2, 0.25) is 9.65 Å². The summed E-state index contributed by atoms with van der Waals surface area (Å²) in [5.74, 6) is 0. The molecule has 5 heteroatoms. The standard InChI is InChI=1S/C46H41AtClN3/c1-33-15-23-39(24-16-33)50(40-25-17-34(2)18-26-40)44-31-43(49(37-11-7-5-8-12-37)38-13-9-6-10-14-38)32-45(46(44)48)51(41-27-19-35(3)20-28-41)42-29-21-36(47-4)22-30-42/h5-32,47H,1-4H3/i5D,6D,7D,8D,9D,10D,11D,12D,13D,14D. The number of rotatable bonds is 10. The first kappa shape index (κ1) is 24.3. The first-order valence-electron chi connectivity index (χ1n) is 21.3. The van der Waals surface area contributed by atoms with Crippen molar-refractivity contribution in [3.8, 4) is 0 Å². The molecule has 0 heterocycles. The molecule has 0 aliphatic rings. The summed E-state index contributed by atoms with van der Waals surface area (Å²) < 4.78 is 92.0. The molecule has 254 valence electrons. The second-order valence-corrected chi connectivity index (χ2v) is 15.8. The molecular formula is C46H41AtClN3. The molecular weight excluding hydrogens is 840 g/mol. The van der Waals surface area contributed by atoms with E-state index in [1.165, 1.54) is 8.17 Å². The van der Waals surface area contributed by atoms with Gasteiger partial charge in [-0.2, -0.15) is 0 Å². The van der Waals surface area contributed by atoms with Crippen LogP contribution in [0.5, 0.6) is 0 Å². The van der Waals surface area contributed by atoms with E-state index in [1.807, 2.05) is 116 Å². The summed E-state index contributed by atoms with van der Waals surface area (Å²) in [6, 6.07) is 28.6. The number of benzene rings is 7. The van der Waals surface area contributed by atoms with Crippen LogP contribution >= 0.6 is 11.6 Å². The Morgan fingerprint density at radius 2 is 0.765 bits per heavy atom. The van der Waals surface area contributed by atoms with Gasteiger partial charge in [-0.1, -0.05) is 23.2 Å². The molecule has 0 aliphatic carbocycles. The van der Waals surface area contributed by atoms with Crippen molar-refractivity contribution in [2.24, 2.45) is 0 Å². The summed E-state index contributed by atoms with van der Waals surface area (Å²) in [5.41, 5.74) is 6.04. The second kappa shape index (κ2) is 15.6. The van der Waals surface area contributed by atoms with E-state index in [-0.39, 0.29) is 10.7 Å². The molecule has 7 aromatic rings. The molecule has 51 heavy (non-hydrogen) atoms. The minimum atomic E-state index is -0.761. The summed E-state index contributed by atoms with van der Waals surface area (Å²) in [5, 5.41) is 0.267. The van der Waals surface area contributed by atoms with Gasteiger partial charge in [0.2, 0.25) is 0 Å². The van der Waals surface area contributed by atoms with Gasteiger partial charge >= 0.3 is 289 Å². The summed E-state index contributed by atoms with van der Waals surface area (Å²) >= 11 is 7.01. The van der Waals surface area contributed by atoms with Gasteiger partial charge in [-0.25, -0.2) is 0 Å². The number of anilines is 9. The first-order chi connectivity index (χ1) is 29.0. The summed E-state index contributed by atoms with van der Waals surface area (Å²) in [4.78, 5) is 5.08. The molecule has 0 bridgehead atoms. The van der Waals surface area contributed by atoms with E-state index >= 15 is 0 Å². The molecule has 0 saturated carbocycles. The Morgan fingerprint density at radius 3 is 1.10 bits per heavy atom. The molecule has 0 spiro atoms. The van der Waals surface area contributed by atoms with Crippen LogP contribution in [-0.2, 0) is 0 Å². The smallest absolute Gasteiger partial charge is 0.0623 e. The third kappa shape index (κ3) is 7.59. The van der Waals surface area contributed by atoms with Gasteiger partial charge in [-0.05, 0) is 13.8 Å². The maximum absolute atomic E-state index is 9.20. The molecule has 0 unspecified atom stereocenters. The molecule has 0 aliphatic heterocycles. The number of para-hydroxylation sites is 2. The SMILES string of the molecule is [2H]c1c([2H])c([2H])c(N(c2cc(N(c3ccc(C)cc3)c3ccc(C)cc3)c(Cl)c(N(c3ccc(C)cc3)c3ccc([AtH]C)cc3)c2)c2c([2H])c([2H])c([2H])c([2H])c2[2H])c([2H])c1[2H]. The van der Waals surface area contributed by atoms with Gasteiger partial charge in [0.1, 0.15) is 0 Å². The molecule has 0 aromatic heterocycles. The van der Waals surface area contributed by atoms with Crippen molar-refractivity contribution >= 4 is 66.1 Å². The van der Waals surface area contributed by atoms with Crippen LogP contribution in [0, 0.1) is 44.0 Å². The third-order valence-electron chi connectivity index (χ3n) is 8.39. The van der Waals surface area contributed by atoms with Crippen molar-refractivity contribution < 1.29 is 36.9 Å². The normalized spacial score (nSPS) is 13.7.